The SMILES string of the molecule is CCS(=O)(=O)c1ccc(CC(=O)Nc2nc3c(s2)CN(CC2CCNC(=O)C2)[C@H]3C(C)C)cc1. The van der Waals surface area contributed by atoms with Crippen molar-refractivity contribution in [2.75, 3.05) is 24.2 Å². The molecule has 0 radical (unpaired) electrons. The van der Waals surface area contributed by atoms with Gasteiger partial charge < -0.3 is 10.6 Å². The van der Waals surface area contributed by atoms with Gasteiger partial charge in [0.1, 0.15) is 0 Å². The number of carbonyl (C=O) groups is 2. The lowest BCUT2D eigenvalue weighted by atomic mass is 9.95. The van der Waals surface area contributed by atoms with Gasteiger partial charge >= 0.3 is 0 Å². The molecule has 34 heavy (non-hydrogen) atoms. The van der Waals surface area contributed by atoms with Crippen molar-refractivity contribution >= 4 is 38.1 Å². The van der Waals surface area contributed by atoms with Gasteiger partial charge in [0.15, 0.2) is 15.0 Å². The first kappa shape index (κ1) is 24.8. The summed E-state index contributed by atoms with van der Waals surface area (Å²) in [7, 11) is -3.25. The Morgan fingerprint density at radius 1 is 1.29 bits per heavy atom. The van der Waals surface area contributed by atoms with Crippen LogP contribution in [0.25, 0.3) is 0 Å². The highest BCUT2D eigenvalue weighted by molar-refractivity contribution is 7.91. The second-order valence-corrected chi connectivity index (χ2v) is 12.8. The van der Waals surface area contributed by atoms with E-state index >= 15 is 0 Å². The summed E-state index contributed by atoms with van der Waals surface area (Å²) in [5.74, 6) is 0.733. The lowest BCUT2D eigenvalue weighted by Crippen LogP contribution is -2.39. The number of rotatable bonds is 8. The predicted molar refractivity (Wildman–Crippen MR) is 132 cm³/mol. The smallest absolute Gasteiger partial charge is 0.230 e. The molecule has 184 valence electrons. The molecule has 10 heteroatoms. The summed E-state index contributed by atoms with van der Waals surface area (Å²) in [6, 6.07) is 6.65. The molecule has 1 fully saturated rings. The number of fused-ring (bicyclic) bond motifs is 1. The summed E-state index contributed by atoms with van der Waals surface area (Å²) in [4.78, 5) is 33.0. The summed E-state index contributed by atoms with van der Waals surface area (Å²) >= 11 is 1.51. The first-order chi connectivity index (χ1) is 16.2. The van der Waals surface area contributed by atoms with E-state index in [-0.39, 0.29) is 34.9 Å². The van der Waals surface area contributed by atoms with Crippen molar-refractivity contribution in [3.8, 4) is 0 Å². The fraction of sp³-hybridized carbons (Fsp3) is 0.542. The van der Waals surface area contributed by atoms with E-state index in [1.165, 1.54) is 16.2 Å². The molecule has 2 aliphatic heterocycles. The Bertz CT molecular complexity index is 1160. The predicted octanol–water partition coefficient (Wildman–Crippen LogP) is 3.16. The van der Waals surface area contributed by atoms with Crippen molar-refractivity contribution < 1.29 is 18.0 Å². The van der Waals surface area contributed by atoms with Crippen molar-refractivity contribution in [3.63, 3.8) is 0 Å². The third-order valence-corrected chi connectivity index (χ3v) is 9.22. The first-order valence-electron chi connectivity index (χ1n) is 11.8. The average molecular weight is 505 g/mol. The maximum atomic E-state index is 12.6. The van der Waals surface area contributed by atoms with E-state index in [4.69, 9.17) is 4.98 Å². The molecule has 2 N–H and O–H groups in total. The van der Waals surface area contributed by atoms with Crippen LogP contribution in [0.1, 0.15) is 55.8 Å². The Kier molecular flexibility index (Phi) is 7.39. The van der Waals surface area contributed by atoms with Crippen molar-refractivity contribution in [2.24, 2.45) is 11.8 Å². The number of hydrogen-bond acceptors (Lipinski definition) is 7. The van der Waals surface area contributed by atoms with Crippen LogP contribution < -0.4 is 10.6 Å². The molecule has 0 bridgehead atoms. The third-order valence-electron chi connectivity index (χ3n) is 6.49. The molecular weight excluding hydrogens is 472 g/mol. The highest BCUT2D eigenvalue weighted by Crippen LogP contribution is 2.43. The molecule has 0 spiro atoms. The van der Waals surface area contributed by atoms with Crippen LogP contribution in [0.15, 0.2) is 29.2 Å². The third kappa shape index (κ3) is 5.50. The minimum atomic E-state index is -3.25. The van der Waals surface area contributed by atoms with Crippen molar-refractivity contribution in [3.05, 3.63) is 40.4 Å². The number of sulfone groups is 1. The molecule has 2 aromatic rings. The Balaban J connectivity index is 1.39. The fourth-order valence-corrected chi connectivity index (χ4v) is 6.73. The van der Waals surface area contributed by atoms with Gasteiger partial charge in [0, 0.05) is 30.9 Å². The molecule has 2 aliphatic rings. The maximum absolute atomic E-state index is 12.6. The lowest BCUT2D eigenvalue weighted by molar-refractivity contribution is -0.123. The summed E-state index contributed by atoms with van der Waals surface area (Å²) in [5.41, 5.74) is 1.78. The Morgan fingerprint density at radius 2 is 2.03 bits per heavy atom. The lowest BCUT2D eigenvalue weighted by Gasteiger charge is -2.32. The molecule has 1 saturated heterocycles. The van der Waals surface area contributed by atoms with Crippen LogP contribution in [0, 0.1) is 11.8 Å². The minimum absolute atomic E-state index is 0.0480. The largest absolute Gasteiger partial charge is 0.356 e. The number of nitrogens with zero attached hydrogens (tertiary/aromatic N) is 2. The van der Waals surface area contributed by atoms with Gasteiger partial charge in [0.2, 0.25) is 11.8 Å². The van der Waals surface area contributed by atoms with Crippen LogP contribution >= 0.6 is 11.3 Å². The highest BCUT2D eigenvalue weighted by Gasteiger charge is 2.37. The zero-order valence-electron chi connectivity index (χ0n) is 19.8. The molecule has 2 atom stereocenters. The van der Waals surface area contributed by atoms with Gasteiger partial charge in [0.25, 0.3) is 0 Å². The second-order valence-electron chi connectivity index (χ2n) is 9.43. The summed E-state index contributed by atoms with van der Waals surface area (Å²) in [5, 5.41) is 6.42. The normalized spacial score (nSPS) is 20.9. The first-order valence-corrected chi connectivity index (χ1v) is 14.2. The van der Waals surface area contributed by atoms with Crippen LogP contribution in [0.4, 0.5) is 5.13 Å². The van der Waals surface area contributed by atoms with E-state index in [9.17, 15) is 18.0 Å². The van der Waals surface area contributed by atoms with Crippen molar-refractivity contribution in [1.82, 2.24) is 15.2 Å². The monoisotopic (exact) mass is 504 g/mol. The van der Waals surface area contributed by atoms with E-state index in [1.807, 2.05) is 0 Å². The summed E-state index contributed by atoms with van der Waals surface area (Å²) in [6.07, 6.45) is 1.73. The maximum Gasteiger partial charge on any atom is 0.230 e. The number of nitrogens with one attached hydrogen (secondary N) is 2. The zero-order valence-corrected chi connectivity index (χ0v) is 21.5. The number of carbonyl (C=O) groups excluding carboxylic acids is 2. The van der Waals surface area contributed by atoms with Gasteiger partial charge in [0.05, 0.1) is 28.8 Å². The van der Waals surface area contributed by atoms with Crippen molar-refractivity contribution in [2.45, 2.75) is 57.5 Å². The van der Waals surface area contributed by atoms with E-state index in [0.717, 1.165) is 37.3 Å². The van der Waals surface area contributed by atoms with Crippen LogP contribution in [0.5, 0.6) is 0 Å². The zero-order chi connectivity index (χ0) is 24.5. The van der Waals surface area contributed by atoms with E-state index < -0.39 is 9.84 Å². The van der Waals surface area contributed by atoms with Gasteiger partial charge in [-0.15, -0.1) is 11.3 Å². The summed E-state index contributed by atoms with van der Waals surface area (Å²) in [6.45, 7) is 8.39. The summed E-state index contributed by atoms with van der Waals surface area (Å²) < 4.78 is 23.9. The number of piperidine rings is 1. The van der Waals surface area contributed by atoms with Crippen LogP contribution in [-0.4, -0.2) is 49.0 Å². The fourth-order valence-electron chi connectivity index (χ4n) is 4.80. The quantitative estimate of drug-likeness (QED) is 0.572. The molecule has 4 rings (SSSR count). The van der Waals surface area contributed by atoms with Gasteiger partial charge in [-0.2, -0.15) is 0 Å². The number of amides is 2. The Morgan fingerprint density at radius 3 is 2.68 bits per heavy atom. The van der Waals surface area contributed by atoms with Gasteiger partial charge in [-0.3, -0.25) is 14.5 Å². The molecule has 2 amide bonds. The van der Waals surface area contributed by atoms with E-state index in [1.54, 1.807) is 31.2 Å². The van der Waals surface area contributed by atoms with Gasteiger partial charge in [-0.05, 0) is 36.0 Å². The van der Waals surface area contributed by atoms with Gasteiger partial charge in [-0.1, -0.05) is 32.9 Å². The van der Waals surface area contributed by atoms with Crippen molar-refractivity contribution in [1.29, 1.82) is 0 Å². The van der Waals surface area contributed by atoms with E-state index in [2.05, 4.69) is 29.4 Å². The molecule has 0 aliphatic carbocycles. The second kappa shape index (κ2) is 10.1. The molecule has 0 saturated carbocycles. The molecule has 8 nitrogen and oxygen atoms in total. The number of hydrogen-bond donors (Lipinski definition) is 2. The molecule has 3 heterocycles. The number of aromatic nitrogens is 1. The highest BCUT2D eigenvalue weighted by atomic mass is 32.2. The van der Waals surface area contributed by atoms with Crippen LogP contribution in [-0.2, 0) is 32.4 Å². The van der Waals surface area contributed by atoms with Crippen LogP contribution in [0.2, 0.25) is 0 Å². The van der Waals surface area contributed by atoms with Crippen LogP contribution in [0.3, 0.4) is 0 Å². The standard InChI is InChI=1S/C24H32N4O4S2/c1-4-34(31,32)18-7-5-16(6-8-18)11-21(30)26-24-27-22-19(33-24)14-28(23(22)15(2)3)13-17-9-10-25-20(29)12-17/h5-8,15,17,23H,4,9-14H2,1-3H3,(H,25,29)(H,26,27,30)/t17?,23-/m0/s1. The molecule has 1 aromatic heterocycles. The van der Waals surface area contributed by atoms with Gasteiger partial charge in [-0.25, -0.2) is 13.4 Å². The molecule has 1 unspecified atom stereocenters. The van der Waals surface area contributed by atoms with E-state index in [0.29, 0.717) is 23.4 Å². The molecule has 1 aromatic carbocycles. The average Bonchev–Trinajstić information content (AvgIpc) is 3.30. The Labute approximate surface area is 205 Å². The topological polar surface area (TPSA) is 108 Å². The number of thiazole rings is 1. The number of benzene rings is 1. The molecular formula is C24H32N4O4S2. The number of anilines is 1. The Hall–Kier alpha value is -2.30. The minimum Gasteiger partial charge on any atom is -0.356 e.